The van der Waals surface area contributed by atoms with Crippen LogP contribution < -0.4 is 5.32 Å². The first kappa shape index (κ1) is 18.4. The molecule has 7 nitrogen and oxygen atoms in total. The third-order valence-electron chi connectivity index (χ3n) is 3.99. The average molecular weight is 335 g/mol. The molecule has 0 bridgehead atoms. The van der Waals surface area contributed by atoms with Gasteiger partial charge >= 0.3 is 0 Å². The predicted molar refractivity (Wildman–Crippen MR) is 91.2 cm³/mol. The SMILES string of the molecule is Cc1cc(C(=O)NCC2CN(CC(C)C)CCO2)ccc1[N+](=O)[O-]. The lowest BCUT2D eigenvalue weighted by molar-refractivity contribution is -0.385. The predicted octanol–water partition coefficient (Wildman–Crippen LogP) is 1.99. The number of morpholine rings is 1. The molecule has 2 rings (SSSR count). The summed E-state index contributed by atoms with van der Waals surface area (Å²) in [5.41, 5.74) is 0.920. The molecule has 0 saturated carbocycles. The van der Waals surface area contributed by atoms with Crippen LogP contribution in [0.4, 0.5) is 5.69 Å². The Morgan fingerprint density at radius 2 is 2.25 bits per heavy atom. The van der Waals surface area contributed by atoms with Crippen molar-refractivity contribution in [2.75, 3.05) is 32.8 Å². The van der Waals surface area contributed by atoms with E-state index in [-0.39, 0.29) is 17.7 Å². The second-order valence-corrected chi connectivity index (χ2v) is 6.61. The maximum absolute atomic E-state index is 12.2. The van der Waals surface area contributed by atoms with E-state index < -0.39 is 4.92 Å². The minimum atomic E-state index is -0.448. The van der Waals surface area contributed by atoms with E-state index in [2.05, 4.69) is 24.1 Å². The van der Waals surface area contributed by atoms with Gasteiger partial charge in [0.15, 0.2) is 0 Å². The molecule has 0 aromatic heterocycles. The quantitative estimate of drug-likeness (QED) is 0.635. The molecule has 0 aliphatic carbocycles. The zero-order valence-corrected chi connectivity index (χ0v) is 14.4. The van der Waals surface area contributed by atoms with E-state index in [4.69, 9.17) is 4.74 Å². The average Bonchev–Trinajstić information content (AvgIpc) is 2.51. The molecular weight excluding hydrogens is 310 g/mol. The van der Waals surface area contributed by atoms with Gasteiger partial charge in [-0.25, -0.2) is 0 Å². The van der Waals surface area contributed by atoms with Crippen LogP contribution in [0, 0.1) is 23.0 Å². The number of carbonyl (C=O) groups excluding carboxylic acids is 1. The number of hydrogen-bond donors (Lipinski definition) is 1. The van der Waals surface area contributed by atoms with Gasteiger partial charge in [-0.3, -0.25) is 19.8 Å². The molecule has 1 amide bonds. The van der Waals surface area contributed by atoms with Crippen molar-refractivity contribution < 1.29 is 14.5 Å². The molecule has 1 heterocycles. The Kier molecular flexibility index (Phi) is 6.28. The molecule has 1 aliphatic rings. The molecule has 1 aromatic carbocycles. The van der Waals surface area contributed by atoms with Crippen LogP contribution >= 0.6 is 0 Å². The normalized spacial score (nSPS) is 18.6. The summed E-state index contributed by atoms with van der Waals surface area (Å²) in [4.78, 5) is 25.0. The molecule has 0 radical (unpaired) electrons. The van der Waals surface area contributed by atoms with Crippen molar-refractivity contribution in [1.29, 1.82) is 0 Å². The molecule has 24 heavy (non-hydrogen) atoms. The van der Waals surface area contributed by atoms with E-state index in [0.29, 0.717) is 30.2 Å². The first-order valence-corrected chi connectivity index (χ1v) is 8.24. The number of nitro groups is 1. The van der Waals surface area contributed by atoms with Crippen molar-refractivity contribution in [3.8, 4) is 0 Å². The van der Waals surface area contributed by atoms with E-state index in [1.54, 1.807) is 13.0 Å². The van der Waals surface area contributed by atoms with Crippen molar-refractivity contribution in [1.82, 2.24) is 10.2 Å². The second-order valence-electron chi connectivity index (χ2n) is 6.61. The summed E-state index contributed by atoms with van der Waals surface area (Å²) < 4.78 is 5.70. The Balaban J connectivity index is 1.88. The molecule has 1 aromatic rings. The summed E-state index contributed by atoms with van der Waals surface area (Å²) in [6.07, 6.45) is -0.0272. The van der Waals surface area contributed by atoms with Gasteiger partial charge < -0.3 is 10.1 Å². The van der Waals surface area contributed by atoms with Gasteiger partial charge in [0.05, 0.1) is 17.6 Å². The Morgan fingerprint density at radius 1 is 1.50 bits per heavy atom. The van der Waals surface area contributed by atoms with Gasteiger partial charge in [0.2, 0.25) is 0 Å². The largest absolute Gasteiger partial charge is 0.374 e. The first-order chi connectivity index (χ1) is 11.4. The number of aryl methyl sites for hydroxylation is 1. The summed E-state index contributed by atoms with van der Waals surface area (Å²) in [7, 11) is 0. The summed E-state index contributed by atoms with van der Waals surface area (Å²) in [5.74, 6) is 0.360. The second kappa shape index (κ2) is 8.21. The highest BCUT2D eigenvalue weighted by molar-refractivity contribution is 5.94. The summed E-state index contributed by atoms with van der Waals surface area (Å²) in [5, 5.41) is 13.7. The van der Waals surface area contributed by atoms with Gasteiger partial charge in [-0.05, 0) is 25.0 Å². The number of amides is 1. The van der Waals surface area contributed by atoms with E-state index in [1.165, 1.54) is 12.1 Å². The standard InChI is InChI=1S/C17H25N3O4/c1-12(2)10-19-6-7-24-15(11-19)9-18-17(21)14-4-5-16(20(22)23)13(3)8-14/h4-5,8,12,15H,6-7,9-11H2,1-3H3,(H,18,21). The molecular formula is C17H25N3O4. The van der Waals surface area contributed by atoms with Crippen molar-refractivity contribution in [3.05, 3.63) is 39.4 Å². The number of ether oxygens (including phenoxy) is 1. The van der Waals surface area contributed by atoms with Crippen molar-refractivity contribution in [3.63, 3.8) is 0 Å². The van der Waals surface area contributed by atoms with Crippen LogP contribution in [-0.2, 0) is 4.74 Å². The van der Waals surface area contributed by atoms with Gasteiger partial charge in [0.25, 0.3) is 11.6 Å². The van der Waals surface area contributed by atoms with Crippen LogP contribution in [0.1, 0.15) is 29.8 Å². The number of nitrogens with zero attached hydrogens (tertiary/aromatic N) is 2. The topological polar surface area (TPSA) is 84.7 Å². The fraction of sp³-hybridized carbons (Fsp3) is 0.588. The van der Waals surface area contributed by atoms with Crippen LogP contribution in [0.2, 0.25) is 0 Å². The molecule has 1 saturated heterocycles. The molecule has 132 valence electrons. The lowest BCUT2D eigenvalue weighted by Crippen LogP contribution is -2.48. The van der Waals surface area contributed by atoms with Crippen LogP contribution in [0.25, 0.3) is 0 Å². The fourth-order valence-corrected chi connectivity index (χ4v) is 2.90. The Morgan fingerprint density at radius 3 is 2.88 bits per heavy atom. The molecule has 1 unspecified atom stereocenters. The molecule has 1 fully saturated rings. The summed E-state index contributed by atoms with van der Waals surface area (Å²) >= 11 is 0. The first-order valence-electron chi connectivity index (χ1n) is 8.24. The van der Waals surface area contributed by atoms with Crippen molar-refractivity contribution >= 4 is 11.6 Å². The highest BCUT2D eigenvalue weighted by Crippen LogP contribution is 2.18. The molecule has 1 aliphatic heterocycles. The van der Waals surface area contributed by atoms with Gasteiger partial charge in [0.1, 0.15) is 0 Å². The maximum atomic E-state index is 12.2. The van der Waals surface area contributed by atoms with Gasteiger partial charge in [-0.2, -0.15) is 0 Å². The lowest BCUT2D eigenvalue weighted by Gasteiger charge is -2.33. The Bertz CT molecular complexity index is 603. The number of hydrogen-bond acceptors (Lipinski definition) is 5. The molecule has 0 spiro atoms. The van der Waals surface area contributed by atoms with E-state index >= 15 is 0 Å². The minimum absolute atomic E-state index is 0.0199. The molecule has 1 N–H and O–H groups in total. The number of nitrogens with one attached hydrogen (secondary N) is 1. The highest BCUT2D eigenvalue weighted by atomic mass is 16.6. The van der Waals surface area contributed by atoms with E-state index in [9.17, 15) is 14.9 Å². The zero-order chi connectivity index (χ0) is 17.7. The van der Waals surface area contributed by atoms with Crippen molar-refractivity contribution in [2.45, 2.75) is 26.9 Å². The smallest absolute Gasteiger partial charge is 0.272 e. The third kappa shape index (κ3) is 5.01. The Hall–Kier alpha value is -1.99. The van der Waals surface area contributed by atoms with Gasteiger partial charge in [0, 0.05) is 43.4 Å². The number of rotatable bonds is 6. The molecule has 1 atom stereocenters. The highest BCUT2D eigenvalue weighted by Gasteiger charge is 2.22. The van der Waals surface area contributed by atoms with Crippen LogP contribution in [0.5, 0.6) is 0 Å². The van der Waals surface area contributed by atoms with Crippen LogP contribution in [0.3, 0.4) is 0 Å². The lowest BCUT2D eigenvalue weighted by atomic mass is 10.1. The third-order valence-corrected chi connectivity index (χ3v) is 3.99. The van der Waals surface area contributed by atoms with Crippen molar-refractivity contribution in [2.24, 2.45) is 5.92 Å². The van der Waals surface area contributed by atoms with Crippen LogP contribution in [0.15, 0.2) is 18.2 Å². The summed E-state index contributed by atoms with van der Waals surface area (Å²) in [6, 6.07) is 4.39. The fourth-order valence-electron chi connectivity index (χ4n) is 2.90. The number of benzene rings is 1. The number of nitro benzene ring substituents is 1. The van der Waals surface area contributed by atoms with E-state index in [1.807, 2.05) is 0 Å². The monoisotopic (exact) mass is 335 g/mol. The van der Waals surface area contributed by atoms with E-state index in [0.717, 1.165) is 19.6 Å². The van der Waals surface area contributed by atoms with Gasteiger partial charge in [-0.15, -0.1) is 0 Å². The minimum Gasteiger partial charge on any atom is -0.374 e. The zero-order valence-electron chi connectivity index (χ0n) is 14.4. The molecule has 7 heteroatoms. The van der Waals surface area contributed by atoms with Gasteiger partial charge in [-0.1, -0.05) is 13.8 Å². The summed E-state index contributed by atoms with van der Waals surface area (Å²) in [6.45, 7) is 9.85. The van der Waals surface area contributed by atoms with Crippen LogP contribution in [-0.4, -0.2) is 54.6 Å². The number of carbonyl (C=O) groups is 1. The maximum Gasteiger partial charge on any atom is 0.272 e. The Labute approximate surface area is 142 Å².